The lowest BCUT2D eigenvalue weighted by Crippen LogP contribution is -2.23. The molecule has 1 N–H and O–H groups in total. The summed E-state index contributed by atoms with van der Waals surface area (Å²) >= 11 is 1.71. The Balaban J connectivity index is 1.50. The van der Waals surface area contributed by atoms with E-state index in [0.29, 0.717) is 18.7 Å². The molecule has 0 unspecified atom stereocenters. The lowest BCUT2D eigenvalue weighted by Gasteiger charge is -2.24. The van der Waals surface area contributed by atoms with E-state index in [9.17, 15) is 4.79 Å². The molecule has 1 aliphatic heterocycles. The van der Waals surface area contributed by atoms with Crippen LogP contribution in [0.15, 0.2) is 77.7 Å². The van der Waals surface area contributed by atoms with Gasteiger partial charge in [0.05, 0.1) is 12.3 Å². The molecular weight excluding hydrogens is 380 g/mol. The molecule has 0 radical (unpaired) electrons. The third-order valence-electron chi connectivity index (χ3n) is 4.98. The summed E-state index contributed by atoms with van der Waals surface area (Å²) in [6.45, 7) is 2.03. The minimum atomic E-state index is -0.0964. The number of amides is 1. The van der Waals surface area contributed by atoms with Gasteiger partial charge in [-0.05, 0) is 60.7 Å². The molecule has 3 aromatic rings. The molecule has 0 atom stereocenters. The first-order chi connectivity index (χ1) is 14.2. The molecular formula is C24H24N2O2S. The van der Waals surface area contributed by atoms with Crippen LogP contribution in [0.2, 0.25) is 0 Å². The van der Waals surface area contributed by atoms with Crippen LogP contribution in [0.5, 0.6) is 5.75 Å². The molecule has 3 aromatic carbocycles. The van der Waals surface area contributed by atoms with E-state index in [1.165, 1.54) is 4.90 Å². The van der Waals surface area contributed by atoms with Gasteiger partial charge in [0.2, 0.25) is 0 Å². The number of nitrogens with zero attached hydrogens (tertiary/aromatic N) is 1. The lowest BCUT2D eigenvalue weighted by atomic mass is 10.1. The summed E-state index contributed by atoms with van der Waals surface area (Å²) in [4.78, 5) is 16.1. The van der Waals surface area contributed by atoms with Crippen LogP contribution in [0.25, 0.3) is 0 Å². The number of hydrogen-bond donors (Lipinski definition) is 1. The van der Waals surface area contributed by atoms with E-state index in [-0.39, 0.29) is 5.91 Å². The average molecular weight is 405 g/mol. The number of rotatable bonds is 5. The van der Waals surface area contributed by atoms with Crippen molar-refractivity contribution < 1.29 is 9.53 Å². The molecule has 0 aliphatic carbocycles. The molecule has 29 heavy (non-hydrogen) atoms. The highest BCUT2D eigenvalue weighted by Crippen LogP contribution is 2.36. The molecule has 0 bridgehead atoms. The zero-order chi connectivity index (χ0) is 20.1. The molecule has 5 heteroatoms. The van der Waals surface area contributed by atoms with Crippen molar-refractivity contribution in [3.8, 4) is 5.75 Å². The number of nitrogens with one attached hydrogen (secondary N) is 1. The number of para-hydroxylation sites is 1. The topological polar surface area (TPSA) is 41.6 Å². The Hall–Kier alpha value is -2.92. The summed E-state index contributed by atoms with van der Waals surface area (Å²) in [6.07, 6.45) is 2.98. The van der Waals surface area contributed by atoms with Gasteiger partial charge in [0.1, 0.15) is 5.75 Å². The van der Waals surface area contributed by atoms with E-state index >= 15 is 0 Å². The van der Waals surface area contributed by atoms with Crippen LogP contribution in [-0.4, -0.2) is 25.3 Å². The lowest BCUT2D eigenvalue weighted by molar-refractivity contribution is 0.0950. The Bertz CT molecular complexity index is 974. The van der Waals surface area contributed by atoms with E-state index in [2.05, 4.69) is 40.7 Å². The molecule has 1 aliphatic rings. The SMILES string of the molecule is CSc1ccc(CNC(=O)c2ccc3c(c2)OCCCN3c2ccccc2)cc1. The van der Waals surface area contributed by atoms with Crippen molar-refractivity contribution in [2.24, 2.45) is 0 Å². The molecule has 0 spiro atoms. The third kappa shape index (κ3) is 4.57. The van der Waals surface area contributed by atoms with Gasteiger partial charge in [-0.2, -0.15) is 0 Å². The van der Waals surface area contributed by atoms with Crippen molar-refractivity contribution >= 4 is 29.0 Å². The number of fused-ring (bicyclic) bond motifs is 1. The van der Waals surface area contributed by atoms with Crippen LogP contribution in [0.1, 0.15) is 22.3 Å². The smallest absolute Gasteiger partial charge is 0.251 e. The normalized spacial score (nSPS) is 13.2. The number of ether oxygens (including phenoxy) is 1. The molecule has 0 aromatic heterocycles. The predicted octanol–water partition coefficient (Wildman–Crippen LogP) is 5.26. The summed E-state index contributed by atoms with van der Waals surface area (Å²) in [6, 6.07) is 24.2. The first-order valence-corrected chi connectivity index (χ1v) is 11.0. The van der Waals surface area contributed by atoms with Gasteiger partial charge in [0.25, 0.3) is 5.91 Å². The van der Waals surface area contributed by atoms with Crippen molar-refractivity contribution in [2.75, 3.05) is 24.3 Å². The summed E-state index contributed by atoms with van der Waals surface area (Å²) in [7, 11) is 0. The number of carbonyl (C=O) groups is 1. The van der Waals surface area contributed by atoms with Gasteiger partial charge in [-0.15, -0.1) is 11.8 Å². The average Bonchev–Trinajstić information content (AvgIpc) is 3.00. The molecule has 4 nitrogen and oxygen atoms in total. The van der Waals surface area contributed by atoms with Gasteiger partial charge in [-0.25, -0.2) is 0 Å². The maximum Gasteiger partial charge on any atom is 0.251 e. The van der Waals surface area contributed by atoms with E-state index in [1.807, 2.05) is 48.5 Å². The first-order valence-electron chi connectivity index (χ1n) is 9.75. The molecule has 0 fully saturated rings. The van der Waals surface area contributed by atoms with Crippen LogP contribution in [0.4, 0.5) is 11.4 Å². The molecule has 0 saturated heterocycles. The minimum Gasteiger partial charge on any atom is -0.491 e. The fraction of sp³-hybridized carbons (Fsp3) is 0.208. The standard InChI is InChI=1S/C24H24N2O2S/c1-29-21-11-8-18(9-12-21)17-25-24(27)19-10-13-22-23(16-19)28-15-5-14-26(22)20-6-3-2-4-7-20/h2-4,6-13,16H,5,14-15,17H2,1H3,(H,25,27). The van der Waals surface area contributed by atoms with Crippen molar-refractivity contribution in [1.82, 2.24) is 5.32 Å². The Morgan fingerprint density at radius 3 is 2.62 bits per heavy atom. The highest BCUT2D eigenvalue weighted by atomic mass is 32.2. The van der Waals surface area contributed by atoms with Crippen LogP contribution >= 0.6 is 11.8 Å². The second-order valence-electron chi connectivity index (χ2n) is 6.90. The summed E-state index contributed by atoms with van der Waals surface area (Å²) < 4.78 is 5.96. The maximum absolute atomic E-state index is 12.7. The Kier molecular flexibility index (Phi) is 6.06. The van der Waals surface area contributed by atoms with Crippen molar-refractivity contribution in [2.45, 2.75) is 17.9 Å². The van der Waals surface area contributed by atoms with Crippen molar-refractivity contribution in [1.29, 1.82) is 0 Å². The van der Waals surface area contributed by atoms with E-state index in [0.717, 1.165) is 35.7 Å². The summed E-state index contributed by atoms with van der Waals surface area (Å²) in [5.74, 6) is 0.657. The van der Waals surface area contributed by atoms with Crippen molar-refractivity contribution in [3.05, 3.63) is 83.9 Å². The molecule has 1 heterocycles. The van der Waals surface area contributed by atoms with Gasteiger partial charge in [-0.3, -0.25) is 4.79 Å². The van der Waals surface area contributed by atoms with Gasteiger partial charge < -0.3 is 15.0 Å². The minimum absolute atomic E-state index is 0.0964. The zero-order valence-electron chi connectivity index (χ0n) is 16.4. The molecule has 148 valence electrons. The second-order valence-corrected chi connectivity index (χ2v) is 7.78. The number of thioether (sulfide) groups is 1. The Labute approximate surface area is 175 Å². The van der Waals surface area contributed by atoms with Crippen LogP contribution < -0.4 is 15.0 Å². The van der Waals surface area contributed by atoms with Gasteiger partial charge in [0.15, 0.2) is 0 Å². The van der Waals surface area contributed by atoms with E-state index < -0.39 is 0 Å². The zero-order valence-corrected chi connectivity index (χ0v) is 17.2. The highest BCUT2D eigenvalue weighted by Gasteiger charge is 2.19. The molecule has 0 saturated carbocycles. The largest absolute Gasteiger partial charge is 0.491 e. The fourth-order valence-electron chi connectivity index (χ4n) is 3.42. The monoisotopic (exact) mass is 404 g/mol. The van der Waals surface area contributed by atoms with Gasteiger partial charge in [0, 0.05) is 29.2 Å². The quantitative estimate of drug-likeness (QED) is 0.589. The van der Waals surface area contributed by atoms with Gasteiger partial charge >= 0.3 is 0 Å². The number of benzene rings is 3. The second kappa shape index (κ2) is 9.05. The predicted molar refractivity (Wildman–Crippen MR) is 119 cm³/mol. The fourth-order valence-corrected chi connectivity index (χ4v) is 3.83. The summed E-state index contributed by atoms with van der Waals surface area (Å²) in [5, 5.41) is 3.00. The Morgan fingerprint density at radius 2 is 1.86 bits per heavy atom. The van der Waals surface area contributed by atoms with E-state index in [4.69, 9.17) is 4.74 Å². The first kappa shape index (κ1) is 19.4. The summed E-state index contributed by atoms with van der Waals surface area (Å²) in [5.41, 5.74) is 3.82. The third-order valence-corrected chi connectivity index (χ3v) is 5.72. The van der Waals surface area contributed by atoms with Crippen LogP contribution in [0, 0.1) is 0 Å². The van der Waals surface area contributed by atoms with Crippen molar-refractivity contribution in [3.63, 3.8) is 0 Å². The molecule has 4 rings (SSSR count). The Morgan fingerprint density at radius 1 is 1.07 bits per heavy atom. The van der Waals surface area contributed by atoms with Crippen LogP contribution in [-0.2, 0) is 6.54 Å². The van der Waals surface area contributed by atoms with Gasteiger partial charge in [-0.1, -0.05) is 30.3 Å². The highest BCUT2D eigenvalue weighted by molar-refractivity contribution is 7.98. The van der Waals surface area contributed by atoms with E-state index in [1.54, 1.807) is 11.8 Å². The number of carbonyl (C=O) groups excluding carboxylic acids is 1. The number of anilines is 2. The van der Waals surface area contributed by atoms with Crippen LogP contribution in [0.3, 0.4) is 0 Å². The molecule has 1 amide bonds. The number of hydrogen-bond acceptors (Lipinski definition) is 4. The maximum atomic E-state index is 12.7.